The smallest absolute Gasteiger partial charge is 0.337 e. The van der Waals surface area contributed by atoms with E-state index in [4.69, 9.17) is 18.6 Å². The Bertz CT molecular complexity index is 1400. The van der Waals surface area contributed by atoms with E-state index in [1.807, 2.05) is 61.5 Å². The molecule has 0 saturated heterocycles. The van der Waals surface area contributed by atoms with Gasteiger partial charge >= 0.3 is 11.9 Å². The van der Waals surface area contributed by atoms with E-state index < -0.39 is 0 Å². The van der Waals surface area contributed by atoms with Crippen molar-refractivity contribution in [2.75, 3.05) is 33.4 Å². The van der Waals surface area contributed by atoms with Gasteiger partial charge in [-0.05, 0) is 87.0 Å². The lowest BCUT2D eigenvalue weighted by Crippen LogP contribution is -2.27. The molecule has 0 saturated carbocycles. The number of hydrogen-bond donors (Lipinski definition) is 0. The summed E-state index contributed by atoms with van der Waals surface area (Å²) in [7, 11) is 1.38. The fraction of sp³-hybridized carbons (Fsp3) is 0.400. The summed E-state index contributed by atoms with van der Waals surface area (Å²) >= 11 is 0. The summed E-state index contributed by atoms with van der Waals surface area (Å²) in [6, 6.07) is 23.6. The first-order chi connectivity index (χ1) is 21.1. The zero-order valence-corrected chi connectivity index (χ0v) is 25.3. The number of carbonyl (C=O) groups is 2. The van der Waals surface area contributed by atoms with Gasteiger partial charge in [0.05, 0.1) is 25.9 Å². The molecule has 3 aromatic carbocycles. The normalized spacial score (nSPS) is 11.1. The van der Waals surface area contributed by atoms with Gasteiger partial charge in [0.25, 0.3) is 0 Å². The molecule has 0 fully saturated rings. The highest BCUT2D eigenvalue weighted by Crippen LogP contribution is 2.21. The maximum absolute atomic E-state index is 11.8. The number of methoxy groups -OCH3 is 1. The van der Waals surface area contributed by atoms with Crippen LogP contribution < -0.4 is 4.74 Å². The van der Waals surface area contributed by atoms with Crippen LogP contribution in [-0.4, -0.2) is 55.2 Å². The van der Waals surface area contributed by atoms with Crippen LogP contribution in [0.25, 0.3) is 11.1 Å². The van der Waals surface area contributed by atoms with E-state index in [0.29, 0.717) is 25.2 Å². The Hall–Kier alpha value is -4.17. The zero-order valence-electron chi connectivity index (χ0n) is 25.3. The number of fused-ring (bicyclic) bond motifs is 1. The van der Waals surface area contributed by atoms with Crippen LogP contribution in [0.5, 0.6) is 5.75 Å². The van der Waals surface area contributed by atoms with E-state index in [2.05, 4.69) is 16.0 Å². The van der Waals surface area contributed by atoms with Gasteiger partial charge in [-0.15, -0.1) is 0 Å². The van der Waals surface area contributed by atoms with Gasteiger partial charge in [-0.1, -0.05) is 42.5 Å². The first kappa shape index (κ1) is 31.8. The fourth-order valence-corrected chi connectivity index (χ4v) is 4.95. The van der Waals surface area contributed by atoms with Gasteiger partial charge in [-0.2, -0.15) is 0 Å². The van der Waals surface area contributed by atoms with Gasteiger partial charge in [-0.25, -0.2) is 9.78 Å². The number of aryl methyl sites for hydroxylation is 1. The van der Waals surface area contributed by atoms with E-state index in [0.717, 1.165) is 86.5 Å². The van der Waals surface area contributed by atoms with Crippen molar-refractivity contribution >= 4 is 23.0 Å². The molecule has 1 heterocycles. The molecule has 0 aliphatic heterocycles. The quantitative estimate of drug-likeness (QED) is 0.0929. The average molecular weight is 587 g/mol. The Kier molecular flexibility index (Phi) is 12.6. The third-order valence-corrected chi connectivity index (χ3v) is 7.24. The van der Waals surface area contributed by atoms with E-state index in [-0.39, 0.29) is 11.9 Å². The second kappa shape index (κ2) is 17.1. The number of para-hydroxylation sites is 3. The van der Waals surface area contributed by atoms with Gasteiger partial charge in [0.15, 0.2) is 11.5 Å². The van der Waals surface area contributed by atoms with Crippen LogP contribution in [0.3, 0.4) is 0 Å². The topological polar surface area (TPSA) is 91.1 Å². The van der Waals surface area contributed by atoms with Gasteiger partial charge in [-0.3, -0.25) is 9.69 Å². The molecular weight excluding hydrogens is 544 g/mol. The maximum atomic E-state index is 11.8. The highest BCUT2D eigenvalue weighted by Gasteiger charge is 2.12. The zero-order chi connectivity index (χ0) is 30.3. The molecule has 0 atom stereocenters. The molecule has 1 aromatic heterocycles. The SMILES string of the molecule is CCOC(=O)CCCCN(CCc1ccccc1OCCCCc1nc2ccccc2o1)Cc1ccc(C(=O)OC)cc1. The van der Waals surface area contributed by atoms with Crippen LogP contribution >= 0.6 is 0 Å². The number of ether oxygens (including phenoxy) is 3. The number of benzene rings is 3. The fourth-order valence-electron chi connectivity index (χ4n) is 4.95. The number of carbonyl (C=O) groups excluding carboxylic acids is 2. The Morgan fingerprint density at radius 1 is 0.860 bits per heavy atom. The summed E-state index contributed by atoms with van der Waals surface area (Å²) in [4.78, 5) is 30.6. The van der Waals surface area contributed by atoms with Crippen molar-refractivity contribution in [3.8, 4) is 5.75 Å². The number of aromatic nitrogens is 1. The Morgan fingerprint density at radius 2 is 1.65 bits per heavy atom. The summed E-state index contributed by atoms with van der Waals surface area (Å²) in [5, 5.41) is 0. The second-order valence-corrected chi connectivity index (χ2v) is 10.5. The highest BCUT2D eigenvalue weighted by molar-refractivity contribution is 5.89. The molecule has 0 bridgehead atoms. The lowest BCUT2D eigenvalue weighted by atomic mass is 10.1. The summed E-state index contributed by atoms with van der Waals surface area (Å²) in [5.41, 5.74) is 4.54. The van der Waals surface area contributed by atoms with E-state index in [1.165, 1.54) is 12.7 Å². The van der Waals surface area contributed by atoms with E-state index in [9.17, 15) is 9.59 Å². The van der Waals surface area contributed by atoms with Gasteiger partial charge in [0, 0.05) is 25.9 Å². The van der Waals surface area contributed by atoms with Crippen LogP contribution in [-0.2, 0) is 33.7 Å². The Balaban J connectivity index is 1.29. The molecule has 4 aromatic rings. The number of rotatable bonds is 18. The molecule has 0 spiro atoms. The summed E-state index contributed by atoms with van der Waals surface area (Å²) < 4.78 is 21.9. The molecule has 0 unspecified atom stereocenters. The van der Waals surface area contributed by atoms with E-state index >= 15 is 0 Å². The summed E-state index contributed by atoms with van der Waals surface area (Å²) in [6.07, 6.45) is 5.54. The molecule has 8 nitrogen and oxygen atoms in total. The van der Waals surface area contributed by atoms with Crippen LogP contribution in [0.4, 0.5) is 0 Å². The predicted molar refractivity (Wildman–Crippen MR) is 166 cm³/mol. The van der Waals surface area contributed by atoms with Gasteiger partial charge < -0.3 is 18.6 Å². The van der Waals surface area contributed by atoms with Gasteiger partial charge in [0.1, 0.15) is 11.3 Å². The largest absolute Gasteiger partial charge is 0.493 e. The minimum Gasteiger partial charge on any atom is -0.493 e. The van der Waals surface area contributed by atoms with Crippen LogP contribution in [0.2, 0.25) is 0 Å². The van der Waals surface area contributed by atoms with Crippen molar-refractivity contribution in [2.45, 2.75) is 58.4 Å². The predicted octanol–water partition coefficient (Wildman–Crippen LogP) is 6.79. The lowest BCUT2D eigenvalue weighted by Gasteiger charge is -2.23. The number of unbranched alkanes of at least 4 members (excludes halogenated alkanes) is 2. The number of nitrogens with zero attached hydrogens (tertiary/aromatic N) is 2. The molecule has 228 valence electrons. The van der Waals surface area contributed by atoms with Crippen molar-refractivity contribution in [1.82, 2.24) is 9.88 Å². The Labute approximate surface area is 254 Å². The van der Waals surface area contributed by atoms with Crippen molar-refractivity contribution in [2.24, 2.45) is 0 Å². The molecule has 4 rings (SSSR count). The van der Waals surface area contributed by atoms with Crippen molar-refractivity contribution in [1.29, 1.82) is 0 Å². The molecule has 0 aliphatic carbocycles. The third-order valence-electron chi connectivity index (χ3n) is 7.24. The summed E-state index contributed by atoms with van der Waals surface area (Å²) in [5.74, 6) is 1.19. The minimum absolute atomic E-state index is 0.146. The summed E-state index contributed by atoms with van der Waals surface area (Å²) in [6.45, 7) is 5.27. The second-order valence-electron chi connectivity index (χ2n) is 10.5. The number of hydrogen-bond acceptors (Lipinski definition) is 8. The van der Waals surface area contributed by atoms with Crippen LogP contribution in [0, 0.1) is 0 Å². The van der Waals surface area contributed by atoms with Gasteiger partial charge in [0.2, 0.25) is 0 Å². The first-order valence-corrected chi connectivity index (χ1v) is 15.2. The molecule has 0 aliphatic rings. The Morgan fingerprint density at radius 3 is 2.44 bits per heavy atom. The highest BCUT2D eigenvalue weighted by atomic mass is 16.5. The third kappa shape index (κ3) is 10.3. The van der Waals surface area contributed by atoms with Crippen molar-refractivity contribution in [3.63, 3.8) is 0 Å². The first-order valence-electron chi connectivity index (χ1n) is 15.2. The molecular formula is C35H42N2O6. The monoisotopic (exact) mass is 586 g/mol. The van der Waals surface area contributed by atoms with Crippen LogP contribution in [0.1, 0.15) is 66.4 Å². The number of oxazole rings is 1. The minimum atomic E-state index is -0.342. The standard InChI is InChI=1S/C35H42N2O6/c1-3-41-34(38)17-8-10-23-37(26-27-18-20-29(21-19-27)35(39)40-2)24-22-28-12-4-6-14-31(28)42-25-11-9-16-33-36-30-13-5-7-15-32(30)43-33/h4-7,12-15,18-21H,3,8-11,16-17,22-26H2,1-2H3. The molecule has 0 N–H and O–H groups in total. The molecule has 0 amide bonds. The lowest BCUT2D eigenvalue weighted by molar-refractivity contribution is -0.143. The van der Waals surface area contributed by atoms with E-state index in [1.54, 1.807) is 12.1 Å². The molecule has 43 heavy (non-hydrogen) atoms. The maximum Gasteiger partial charge on any atom is 0.337 e. The van der Waals surface area contributed by atoms with Crippen molar-refractivity contribution < 1.29 is 28.2 Å². The van der Waals surface area contributed by atoms with Crippen molar-refractivity contribution in [3.05, 3.63) is 95.4 Å². The average Bonchev–Trinajstić information content (AvgIpc) is 3.45. The molecule has 8 heteroatoms. The number of esters is 2. The van der Waals surface area contributed by atoms with Crippen LogP contribution in [0.15, 0.2) is 77.2 Å². The molecule has 0 radical (unpaired) electrons.